The van der Waals surface area contributed by atoms with E-state index in [1.165, 1.54) is 12.4 Å². The molecule has 5 nitrogen and oxygen atoms in total. The molecule has 1 aromatic heterocycles. The van der Waals surface area contributed by atoms with Gasteiger partial charge in [-0.3, -0.25) is 4.79 Å². The number of rotatable bonds is 5. The largest absolute Gasteiger partial charge is 0.397 e. The van der Waals surface area contributed by atoms with Gasteiger partial charge in [-0.15, -0.1) is 11.8 Å². The zero-order valence-electron chi connectivity index (χ0n) is 11.2. The van der Waals surface area contributed by atoms with Crippen LogP contribution in [0.5, 0.6) is 0 Å². The molecule has 2 aromatic rings. The van der Waals surface area contributed by atoms with Crippen LogP contribution in [-0.2, 0) is 0 Å². The van der Waals surface area contributed by atoms with Gasteiger partial charge in [0.15, 0.2) is 0 Å². The van der Waals surface area contributed by atoms with E-state index in [1.807, 2.05) is 12.1 Å². The van der Waals surface area contributed by atoms with E-state index in [4.69, 9.17) is 5.73 Å². The van der Waals surface area contributed by atoms with Crippen molar-refractivity contribution in [1.82, 2.24) is 10.2 Å². The van der Waals surface area contributed by atoms with Crippen molar-refractivity contribution in [2.75, 3.05) is 16.8 Å². The fourth-order valence-corrected chi connectivity index (χ4v) is 2.38. The van der Waals surface area contributed by atoms with Crippen molar-refractivity contribution in [3.8, 4) is 0 Å². The highest BCUT2D eigenvalue weighted by molar-refractivity contribution is 7.99. The smallest absolute Gasteiger partial charge is 0.257 e. The number of benzene rings is 1. The highest BCUT2D eigenvalue weighted by Crippen LogP contribution is 2.27. The third-order valence-corrected chi connectivity index (χ3v) is 3.79. The van der Waals surface area contributed by atoms with Gasteiger partial charge >= 0.3 is 0 Å². The van der Waals surface area contributed by atoms with Gasteiger partial charge in [-0.25, -0.2) is 0 Å². The van der Waals surface area contributed by atoms with Crippen LogP contribution < -0.4 is 11.1 Å². The van der Waals surface area contributed by atoms with Gasteiger partial charge in [-0.2, -0.15) is 10.2 Å². The van der Waals surface area contributed by atoms with Crippen LogP contribution >= 0.6 is 11.8 Å². The molecule has 0 fully saturated rings. The van der Waals surface area contributed by atoms with Gasteiger partial charge in [0.2, 0.25) is 0 Å². The number of amides is 1. The number of nitrogen functional groups attached to an aromatic ring is 1. The summed E-state index contributed by atoms with van der Waals surface area (Å²) < 4.78 is 0. The number of aromatic nitrogens is 2. The van der Waals surface area contributed by atoms with Crippen molar-refractivity contribution in [3.05, 3.63) is 42.2 Å². The number of carbonyl (C=O) groups is 1. The lowest BCUT2D eigenvalue weighted by Gasteiger charge is -2.10. The number of hydrogen-bond donors (Lipinski definition) is 2. The van der Waals surface area contributed by atoms with E-state index >= 15 is 0 Å². The molecule has 1 amide bonds. The van der Waals surface area contributed by atoms with Gasteiger partial charge in [-0.05, 0) is 36.4 Å². The molecule has 20 heavy (non-hydrogen) atoms. The lowest BCUT2D eigenvalue weighted by molar-refractivity contribution is 0.102. The minimum Gasteiger partial charge on any atom is -0.397 e. The van der Waals surface area contributed by atoms with Crippen molar-refractivity contribution in [2.45, 2.75) is 18.2 Å². The van der Waals surface area contributed by atoms with Gasteiger partial charge in [-0.1, -0.05) is 6.92 Å². The second kappa shape index (κ2) is 6.91. The number of anilines is 2. The van der Waals surface area contributed by atoms with E-state index in [0.717, 1.165) is 17.1 Å². The molecule has 1 aromatic carbocycles. The standard InChI is InChI=1S/C14H16N4OS/c1-2-7-20-11-3-4-12(15)13(8-11)18-14(19)10-5-6-16-17-9-10/h3-6,8-9H,2,7,15H2,1H3,(H,18,19). The quantitative estimate of drug-likeness (QED) is 0.653. The fraction of sp³-hybridized carbons (Fsp3) is 0.214. The Morgan fingerprint density at radius 3 is 2.90 bits per heavy atom. The molecule has 0 aliphatic carbocycles. The van der Waals surface area contributed by atoms with Crippen LogP contribution in [-0.4, -0.2) is 21.9 Å². The first kappa shape index (κ1) is 14.3. The number of nitrogens with zero attached hydrogens (tertiary/aromatic N) is 2. The average molecular weight is 288 g/mol. The molecule has 104 valence electrons. The van der Waals surface area contributed by atoms with Gasteiger partial charge in [0.05, 0.1) is 29.3 Å². The summed E-state index contributed by atoms with van der Waals surface area (Å²) in [6.45, 7) is 2.13. The maximum Gasteiger partial charge on any atom is 0.257 e. The minimum atomic E-state index is -0.246. The van der Waals surface area contributed by atoms with Gasteiger partial charge in [0, 0.05) is 4.90 Å². The van der Waals surface area contributed by atoms with E-state index in [-0.39, 0.29) is 5.91 Å². The second-order valence-corrected chi connectivity index (χ2v) is 5.35. The normalized spacial score (nSPS) is 10.2. The summed E-state index contributed by atoms with van der Waals surface area (Å²) in [4.78, 5) is 13.1. The number of nitrogens with two attached hydrogens (primary N) is 1. The summed E-state index contributed by atoms with van der Waals surface area (Å²) in [5.74, 6) is 0.787. The van der Waals surface area contributed by atoms with E-state index in [0.29, 0.717) is 16.9 Å². The number of thioether (sulfide) groups is 1. The first-order valence-corrected chi connectivity index (χ1v) is 7.29. The molecule has 0 bridgehead atoms. The Bertz CT molecular complexity index is 589. The zero-order chi connectivity index (χ0) is 14.4. The van der Waals surface area contributed by atoms with E-state index in [2.05, 4.69) is 22.4 Å². The first-order chi connectivity index (χ1) is 9.70. The molecule has 0 atom stereocenters. The molecule has 0 saturated heterocycles. The third-order valence-electron chi connectivity index (χ3n) is 2.59. The Balaban J connectivity index is 2.14. The Morgan fingerprint density at radius 1 is 1.35 bits per heavy atom. The molecular weight excluding hydrogens is 272 g/mol. The van der Waals surface area contributed by atoms with Crippen LogP contribution in [0.25, 0.3) is 0 Å². The van der Waals surface area contributed by atoms with E-state index < -0.39 is 0 Å². The Labute approximate surface area is 122 Å². The molecule has 0 radical (unpaired) electrons. The third kappa shape index (κ3) is 3.71. The molecule has 3 N–H and O–H groups in total. The van der Waals surface area contributed by atoms with Crippen LogP contribution in [0.1, 0.15) is 23.7 Å². The van der Waals surface area contributed by atoms with Gasteiger partial charge < -0.3 is 11.1 Å². The van der Waals surface area contributed by atoms with Crippen molar-refractivity contribution in [2.24, 2.45) is 0 Å². The Hall–Kier alpha value is -2.08. The predicted molar refractivity (Wildman–Crippen MR) is 81.9 cm³/mol. The maximum absolute atomic E-state index is 12.1. The molecule has 1 heterocycles. The fourth-order valence-electron chi connectivity index (χ4n) is 1.57. The SMILES string of the molecule is CCCSc1ccc(N)c(NC(=O)c2ccnnc2)c1. The highest BCUT2D eigenvalue weighted by atomic mass is 32.2. The summed E-state index contributed by atoms with van der Waals surface area (Å²) in [7, 11) is 0. The molecule has 6 heteroatoms. The Morgan fingerprint density at radius 2 is 2.20 bits per heavy atom. The number of nitrogens with one attached hydrogen (secondary N) is 1. The maximum atomic E-state index is 12.1. The van der Waals surface area contributed by atoms with Crippen molar-refractivity contribution < 1.29 is 4.79 Å². The lowest BCUT2D eigenvalue weighted by atomic mass is 10.2. The second-order valence-electron chi connectivity index (χ2n) is 4.18. The molecule has 2 rings (SSSR count). The van der Waals surface area contributed by atoms with Crippen LogP contribution in [0, 0.1) is 0 Å². The Kier molecular flexibility index (Phi) is 4.95. The summed E-state index contributed by atoms with van der Waals surface area (Å²) in [5.41, 5.74) is 7.50. The molecule has 0 unspecified atom stereocenters. The topological polar surface area (TPSA) is 80.9 Å². The van der Waals surface area contributed by atoms with Crippen molar-refractivity contribution in [3.63, 3.8) is 0 Å². The summed E-state index contributed by atoms with van der Waals surface area (Å²) in [5, 5.41) is 10.1. The predicted octanol–water partition coefficient (Wildman–Crippen LogP) is 2.81. The first-order valence-electron chi connectivity index (χ1n) is 6.31. The van der Waals surface area contributed by atoms with Crippen molar-refractivity contribution in [1.29, 1.82) is 0 Å². The summed E-state index contributed by atoms with van der Waals surface area (Å²) in [6, 6.07) is 7.26. The van der Waals surface area contributed by atoms with Crippen LogP contribution in [0.2, 0.25) is 0 Å². The highest BCUT2D eigenvalue weighted by Gasteiger charge is 2.09. The molecule has 0 aliphatic rings. The summed E-state index contributed by atoms with van der Waals surface area (Å²) in [6.07, 6.45) is 3.99. The molecule has 0 aliphatic heterocycles. The van der Waals surface area contributed by atoms with Crippen LogP contribution in [0.3, 0.4) is 0 Å². The molecule has 0 saturated carbocycles. The lowest BCUT2D eigenvalue weighted by Crippen LogP contribution is -2.13. The minimum absolute atomic E-state index is 0.246. The van der Waals surface area contributed by atoms with E-state index in [1.54, 1.807) is 23.9 Å². The van der Waals surface area contributed by atoms with Crippen molar-refractivity contribution >= 4 is 29.0 Å². The summed E-state index contributed by atoms with van der Waals surface area (Å²) >= 11 is 1.74. The zero-order valence-corrected chi connectivity index (χ0v) is 12.0. The van der Waals surface area contributed by atoms with Gasteiger partial charge in [0.25, 0.3) is 5.91 Å². The van der Waals surface area contributed by atoms with Crippen LogP contribution in [0.15, 0.2) is 41.6 Å². The van der Waals surface area contributed by atoms with Crippen LogP contribution in [0.4, 0.5) is 11.4 Å². The molecule has 0 spiro atoms. The van der Waals surface area contributed by atoms with Gasteiger partial charge in [0.1, 0.15) is 0 Å². The van der Waals surface area contributed by atoms with E-state index in [9.17, 15) is 4.79 Å². The monoisotopic (exact) mass is 288 g/mol. The number of carbonyl (C=O) groups excluding carboxylic acids is 1. The molecular formula is C14H16N4OS. The number of hydrogen-bond acceptors (Lipinski definition) is 5. The average Bonchev–Trinajstić information content (AvgIpc) is 2.49.